The summed E-state index contributed by atoms with van der Waals surface area (Å²) in [6.45, 7) is 7.69. The van der Waals surface area contributed by atoms with E-state index >= 15 is 0 Å². The molecule has 7 heteroatoms. The number of carbonyl (C=O) groups is 1. The molecular formula is C15H21N5O2. The van der Waals surface area contributed by atoms with Crippen LogP contribution in [0.2, 0.25) is 0 Å². The van der Waals surface area contributed by atoms with Gasteiger partial charge in [0.25, 0.3) is 5.91 Å². The van der Waals surface area contributed by atoms with Gasteiger partial charge in [0.05, 0.1) is 23.9 Å². The molecule has 2 aromatic rings. The van der Waals surface area contributed by atoms with Crippen molar-refractivity contribution in [3.05, 3.63) is 35.2 Å². The van der Waals surface area contributed by atoms with Crippen LogP contribution in [0.1, 0.15) is 35.3 Å². The van der Waals surface area contributed by atoms with E-state index in [2.05, 4.69) is 20.8 Å². The van der Waals surface area contributed by atoms with E-state index < -0.39 is 0 Å². The van der Waals surface area contributed by atoms with Crippen LogP contribution in [-0.2, 0) is 0 Å². The van der Waals surface area contributed by atoms with E-state index in [4.69, 9.17) is 0 Å². The number of amides is 1. The van der Waals surface area contributed by atoms with Crippen molar-refractivity contribution in [1.82, 2.24) is 25.5 Å². The standard InChI is InChI=1S/C15H21N5O2/c1-9(2)13(7-21)17-15(22)12-6-5-10(3)11(4)14(12)20-8-16-18-19-20/h5-6,8-9,13,21H,7H2,1-4H3,(H,17,22)/t13-/m1/s1. The van der Waals surface area contributed by atoms with E-state index in [9.17, 15) is 9.90 Å². The minimum Gasteiger partial charge on any atom is -0.394 e. The molecule has 1 aromatic carbocycles. The van der Waals surface area contributed by atoms with Gasteiger partial charge < -0.3 is 10.4 Å². The molecular weight excluding hydrogens is 282 g/mol. The molecule has 22 heavy (non-hydrogen) atoms. The van der Waals surface area contributed by atoms with E-state index in [1.54, 1.807) is 6.07 Å². The van der Waals surface area contributed by atoms with E-state index in [0.717, 1.165) is 11.1 Å². The Morgan fingerprint density at radius 3 is 2.64 bits per heavy atom. The molecule has 0 aliphatic heterocycles. The predicted molar refractivity (Wildman–Crippen MR) is 81.8 cm³/mol. The Kier molecular flexibility index (Phi) is 4.87. The molecule has 1 aromatic heterocycles. The highest BCUT2D eigenvalue weighted by atomic mass is 16.3. The van der Waals surface area contributed by atoms with Crippen molar-refractivity contribution in [1.29, 1.82) is 0 Å². The van der Waals surface area contributed by atoms with Gasteiger partial charge in [-0.15, -0.1) is 5.10 Å². The van der Waals surface area contributed by atoms with Crippen LogP contribution in [0.15, 0.2) is 18.5 Å². The molecule has 0 saturated heterocycles. The Morgan fingerprint density at radius 2 is 2.09 bits per heavy atom. The topological polar surface area (TPSA) is 92.9 Å². The molecule has 7 nitrogen and oxygen atoms in total. The van der Waals surface area contributed by atoms with Crippen molar-refractivity contribution in [3.8, 4) is 5.69 Å². The fourth-order valence-corrected chi connectivity index (χ4v) is 2.21. The lowest BCUT2D eigenvalue weighted by Gasteiger charge is -2.21. The first-order chi connectivity index (χ1) is 10.5. The quantitative estimate of drug-likeness (QED) is 0.860. The number of carbonyl (C=O) groups excluding carboxylic acids is 1. The third kappa shape index (κ3) is 3.14. The number of tetrazole rings is 1. The average Bonchev–Trinajstić information content (AvgIpc) is 3.00. The van der Waals surface area contributed by atoms with E-state index in [1.165, 1.54) is 11.0 Å². The molecule has 118 valence electrons. The zero-order chi connectivity index (χ0) is 16.3. The number of nitrogens with one attached hydrogen (secondary N) is 1. The Balaban J connectivity index is 2.43. The number of benzene rings is 1. The monoisotopic (exact) mass is 303 g/mol. The number of aliphatic hydroxyl groups is 1. The number of aliphatic hydroxyl groups excluding tert-OH is 1. The Bertz CT molecular complexity index is 652. The first-order valence-electron chi connectivity index (χ1n) is 7.21. The van der Waals surface area contributed by atoms with Gasteiger partial charge in [0, 0.05) is 0 Å². The van der Waals surface area contributed by atoms with Gasteiger partial charge in [-0.1, -0.05) is 19.9 Å². The van der Waals surface area contributed by atoms with Crippen molar-refractivity contribution >= 4 is 5.91 Å². The Morgan fingerprint density at radius 1 is 1.36 bits per heavy atom. The summed E-state index contributed by atoms with van der Waals surface area (Å²) in [5.74, 6) is -0.113. The van der Waals surface area contributed by atoms with Crippen molar-refractivity contribution in [2.75, 3.05) is 6.61 Å². The normalized spacial score (nSPS) is 12.5. The van der Waals surface area contributed by atoms with Gasteiger partial charge in [0.1, 0.15) is 6.33 Å². The number of hydrogen-bond donors (Lipinski definition) is 2. The number of aromatic nitrogens is 4. The maximum atomic E-state index is 12.6. The second-order valence-electron chi connectivity index (χ2n) is 5.66. The highest BCUT2D eigenvalue weighted by molar-refractivity contribution is 5.98. The first kappa shape index (κ1) is 16.1. The smallest absolute Gasteiger partial charge is 0.253 e. The van der Waals surface area contributed by atoms with Crippen LogP contribution in [-0.4, -0.2) is 43.9 Å². The van der Waals surface area contributed by atoms with Crippen LogP contribution in [0.25, 0.3) is 5.69 Å². The minimum atomic E-state index is -0.296. The zero-order valence-electron chi connectivity index (χ0n) is 13.2. The average molecular weight is 303 g/mol. The number of aryl methyl sites for hydroxylation is 1. The highest BCUT2D eigenvalue weighted by Gasteiger charge is 2.21. The number of rotatable bonds is 5. The molecule has 1 atom stereocenters. The Hall–Kier alpha value is -2.28. The van der Waals surface area contributed by atoms with E-state index in [1.807, 2.05) is 33.8 Å². The third-order valence-electron chi connectivity index (χ3n) is 3.84. The maximum Gasteiger partial charge on any atom is 0.253 e. The number of nitrogens with zero attached hydrogens (tertiary/aromatic N) is 4. The molecule has 2 rings (SSSR count). The van der Waals surface area contributed by atoms with Crippen molar-refractivity contribution < 1.29 is 9.90 Å². The molecule has 0 unspecified atom stereocenters. The van der Waals surface area contributed by atoms with Crippen molar-refractivity contribution in [2.45, 2.75) is 33.7 Å². The van der Waals surface area contributed by atoms with Crippen LogP contribution in [0.5, 0.6) is 0 Å². The van der Waals surface area contributed by atoms with Gasteiger partial charge in [-0.2, -0.15) is 4.68 Å². The van der Waals surface area contributed by atoms with Gasteiger partial charge in [0.2, 0.25) is 0 Å². The summed E-state index contributed by atoms with van der Waals surface area (Å²) in [5, 5.41) is 23.4. The van der Waals surface area contributed by atoms with Crippen LogP contribution >= 0.6 is 0 Å². The summed E-state index contributed by atoms with van der Waals surface area (Å²) < 4.78 is 1.49. The molecule has 0 spiro atoms. The van der Waals surface area contributed by atoms with Crippen LogP contribution < -0.4 is 5.32 Å². The largest absolute Gasteiger partial charge is 0.394 e. The molecule has 0 fully saturated rings. The molecule has 2 N–H and O–H groups in total. The van der Waals surface area contributed by atoms with Gasteiger partial charge in [0.15, 0.2) is 0 Å². The maximum absolute atomic E-state index is 12.6. The molecule has 0 aliphatic carbocycles. The SMILES string of the molecule is Cc1ccc(C(=O)N[C@H](CO)C(C)C)c(-n2cnnn2)c1C. The minimum absolute atomic E-state index is 0.103. The molecule has 0 saturated carbocycles. The first-order valence-corrected chi connectivity index (χ1v) is 7.21. The van der Waals surface area contributed by atoms with E-state index in [-0.39, 0.29) is 24.5 Å². The van der Waals surface area contributed by atoms with Gasteiger partial charge in [-0.25, -0.2) is 0 Å². The summed E-state index contributed by atoms with van der Waals surface area (Å²) in [6, 6.07) is 3.35. The Labute approximate surface area is 129 Å². The molecule has 0 bridgehead atoms. The lowest BCUT2D eigenvalue weighted by Crippen LogP contribution is -2.41. The summed E-state index contributed by atoms with van der Waals surface area (Å²) >= 11 is 0. The summed E-state index contributed by atoms with van der Waals surface area (Å²) in [5.41, 5.74) is 3.12. The lowest BCUT2D eigenvalue weighted by atomic mass is 10.0. The zero-order valence-corrected chi connectivity index (χ0v) is 13.2. The van der Waals surface area contributed by atoms with Crippen LogP contribution in [0, 0.1) is 19.8 Å². The van der Waals surface area contributed by atoms with Crippen molar-refractivity contribution in [3.63, 3.8) is 0 Å². The highest BCUT2D eigenvalue weighted by Crippen LogP contribution is 2.22. The summed E-state index contributed by atoms with van der Waals surface area (Å²) in [6.07, 6.45) is 1.46. The predicted octanol–water partition coefficient (Wildman–Crippen LogP) is 1.03. The van der Waals surface area contributed by atoms with Crippen LogP contribution in [0.4, 0.5) is 0 Å². The van der Waals surface area contributed by atoms with Crippen molar-refractivity contribution in [2.24, 2.45) is 5.92 Å². The number of hydrogen-bond acceptors (Lipinski definition) is 5. The van der Waals surface area contributed by atoms with Gasteiger partial charge in [-0.3, -0.25) is 4.79 Å². The van der Waals surface area contributed by atoms with Crippen LogP contribution in [0.3, 0.4) is 0 Å². The molecule has 1 heterocycles. The summed E-state index contributed by atoms with van der Waals surface area (Å²) in [4.78, 5) is 12.6. The molecule has 0 radical (unpaired) electrons. The second-order valence-corrected chi connectivity index (χ2v) is 5.66. The van der Waals surface area contributed by atoms with E-state index in [0.29, 0.717) is 11.3 Å². The molecule has 0 aliphatic rings. The fraction of sp³-hybridized carbons (Fsp3) is 0.467. The summed E-state index contributed by atoms with van der Waals surface area (Å²) in [7, 11) is 0. The second kappa shape index (κ2) is 6.65. The third-order valence-corrected chi connectivity index (χ3v) is 3.84. The van der Waals surface area contributed by atoms with Gasteiger partial charge in [-0.05, 0) is 47.4 Å². The lowest BCUT2D eigenvalue weighted by molar-refractivity contribution is 0.0896. The molecule has 1 amide bonds. The van der Waals surface area contributed by atoms with Gasteiger partial charge >= 0.3 is 0 Å². The fourth-order valence-electron chi connectivity index (χ4n) is 2.21.